The molecule has 0 saturated heterocycles. The first-order chi connectivity index (χ1) is 6.52. The molecule has 0 radical (unpaired) electrons. The van der Waals surface area contributed by atoms with Gasteiger partial charge in [0.15, 0.2) is 0 Å². The number of nitrogens with two attached hydrogens (primary N) is 4. The summed E-state index contributed by atoms with van der Waals surface area (Å²) in [5, 5.41) is 10.6. The monoisotopic (exact) mass is 198 g/mol. The molecule has 0 aliphatic heterocycles. The van der Waals surface area contributed by atoms with E-state index >= 15 is 0 Å². The van der Waals surface area contributed by atoms with Gasteiger partial charge >= 0.3 is 0 Å². The molecule has 0 rings (SSSR count). The van der Waals surface area contributed by atoms with Gasteiger partial charge in [-0.05, 0) is 13.0 Å². The van der Waals surface area contributed by atoms with E-state index in [9.17, 15) is 0 Å². The molecule has 0 aliphatic rings. The van der Waals surface area contributed by atoms with Crippen molar-refractivity contribution in [1.82, 2.24) is 5.43 Å². The number of hydrogen-bond donors (Lipinski definition) is 5. The fourth-order valence-electron chi connectivity index (χ4n) is 0.440. The summed E-state index contributed by atoms with van der Waals surface area (Å²) in [6.45, 7) is 1.71. The van der Waals surface area contributed by atoms with Crippen LogP contribution in [0, 0.1) is 0 Å². The third kappa shape index (κ3) is 7.85. The van der Waals surface area contributed by atoms with Gasteiger partial charge in [-0.1, -0.05) is 0 Å². The third-order valence-corrected chi connectivity index (χ3v) is 0.916. The third-order valence-electron chi connectivity index (χ3n) is 0.916. The van der Waals surface area contributed by atoms with Gasteiger partial charge in [0.25, 0.3) is 0 Å². The predicted molar refractivity (Wildman–Crippen MR) is 57.0 cm³/mol. The van der Waals surface area contributed by atoms with Crippen LogP contribution in [-0.2, 0) is 0 Å². The maximum Gasteiger partial charge on any atom is 0.211 e. The molecule has 0 saturated carbocycles. The SMILES string of the molecule is CC(/C=C/NN=C(N)N)=N/N=C(N)N. The number of nitrogens with zero attached hydrogens (tertiary/aromatic N) is 3. The molecule has 0 unspecified atom stereocenters. The number of allylic oxidation sites excluding steroid dienone is 1. The summed E-state index contributed by atoms with van der Waals surface area (Å²) in [6, 6.07) is 0. The van der Waals surface area contributed by atoms with Crippen molar-refractivity contribution in [2.24, 2.45) is 38.2 Å². The molecule has 0 fully saturated rings. The molecule has 0 atom stereocenters. The molecule has 14 heavy (non-hydrogen) atoms. The summed E-state index contributed by atoms with van der Waals surface area (Å²) >= 11 is 0. The van der Waals surface area contributed by atoms with E-state index in [1.165, 1.54) is 6.20 Å². The van der Waals surface area contributed by atoms with Gasteiger partial charge in [0.1, 0.15) is 0 Å². The van der Waals surface area contributed by atoms with Crippen LogP contribution >= 0.6 is 0 Å². The molecule has 0 aromatic rings. The van der Waals surface area contributed by atoms with Crippen LogP contribution in [0.15, 0.2) is 27.6 Å². The Labute approximate surface area is 81.4 Å². The molecule has 0 bridgehead atoms. The molecular weight excluding hydrogens is 184 g/mol. The highest BCUT2D eigenvalue weighted by molar-refractivity contribution is 5.93. The molecule has 9 N–H and O–H groups in total. The van der Waals surface area contributed by atoms with E-state index in [0.29, 0.717) is 5.71 Å². The van der Waals surface area contributed by atoms with E-state index in [0.717, 1.165) is 0 Å². The summed E-state index contributed by atoms with van der Waals surface area (Å²) in [5.74, 6) is -0.164. The average molecular weight is 198 g/mol. The molecule has 0 aromatic heterocycles. The van der Waals surface area contributed by atoms with Crippen molar-refractivity contribution in [1.29, 1.82) is 0 Å². The van der Waals surface area contributed by atoms with E-state index in [4.69, 9.17) is 22.9 Å². The minimum absolute atomic E-state index is 0.0616. The lowest BCUT2D eigenvalue weighted by Crippen LogP contribution is -2.24. The fraction of sp³-hybridized carbons (Fsp3) is 0.167. The summed E-state index contributed by atoms with van der Waals surface area (Å²) < 4.78 is 0. The molecule has 8 heteroatoms. The second kappa shape index (κ2) is 6.29. The van der Waals surface area contributed by atoms with Crippen molar-refractivity contribution >= 4 is 17.6 Å². The molecule has 8 nitrogen and oxygen atoms in total. The maximum absolute atomic E-state index is 5.06. The van der Waals surface area contributed by atoms with Gasteiger partial charge in [0.2, 0.25) is 11.9 Å². The van der Waals surface area contributed by atoms with Crippen LogP contribution in [0.1, 0.15) is 6.92 Å². The van der Waals surface area contributed by atoms with Crippen LogP contribution in [0.4, 0.5) is 0 Å². The molecular formula is C6H14N8. The molecule has 0 heterocycles. The van der Waals surface area contributed by atoms with Crippen LogP contribution < -0.4 is 28.4 Å². The number of rotatable bonds is 4. The fourth-order valence-corrected chi connectivity index (χ4v) is 0.440. The molecule has 0 amide bonds. The lowest BCUT2D eigenvalue weighted by Gasteiger charge is -1.91. The quantitative estimate of drug-likeness (QED) is 0.199. The Morgan fingerprint density at radius 2 is 1.71 bits per heavy atom. The van der Waals surface area contributed by atoms with E-state index in [2.05, 4.69) is 20.7 Å². The summed E-state index contributed by atoms with van der Waals surface area (Å²) in [4.78, 5) is 0. The Kier molecular flexibility index (Phi) is 5.28. The minimum atomic E-state index is -0.102. The van der Waals surface area contributed by atoms with E-state index < -0.39 is 0 Å². The largest absolute Gasteiger partial charge is 0.369 e. The lowest BCUT2D eigenvalue weighted by molar-refractivity contribution is 0.958. The zero-order chi connectivity index (χ0) is 11.0. The Morgan fingerprint density at radius 1 is 1.07 bits per heavy atom. The van der Waals surface area contributed by atoms with Gasteiger partial charge in [-0.15, -0.1) is 10.2 Å². The number of hydrogen-bond acceptors (Lipinski definition) is 4. The number of guanidine groups is 2. The Bertz CT molecular complexity index is 278. The molecule has 0 spiro atoms. The normalized spacial score (nSPS) is 11.1. The second-order valence-corrected chi connectivity index (χ2v) is 2.27. The predicted octanol–water partition coefficient (Wildman–Crippen LogP) is -2.07. The van der Waals surface area contributed by atoms with Crippen molar-refractivity contribution in [2.45, 2.75) is 6.92 Å². The number of nitrogens with one attached hydrogen (secondary N) is 1. The lowest BCUT2D eigenvalue weighted by atomic mass is 10.4. The molecule has 78 valence electrons. The summed E-state index contributed by atoms with van der Waals surface area (Å²) in [7, 11) is 0. The average Bonchev–Trinajstić information content (AvgIpc) is 2.08. The summed E-state index contributed by atoms with van der Waals surface area (Å²) in [5.41, 5.74) is 23.3. The van der Waals surface area contributed by atoms with Crippen LogP contribution in [-0.4, -0.2) is 17.6 Å². The van der Waals surface area contributed by atoms with Crippen LogP contribution in [0.2, 0.25) is 0 Å². The van der Waals surface area contributed by atoms with Gasteiger partial charge in [-0.2, -0.15) is 5.10 Å². The highest BCUT2D eigenvalue weighted by Crippen LogP contribution is 1.80. The van der Waals surface area contributed by atoms with E-state index in [1.54, 1.807) is 13.0 Å². The summed E-state index contributed by atoms with van der Waals surface area (Å²) in [6.07, 6.45) is 3.08. The van der Waals surface area contributed by atoms with Crippen LogP contribution in [0.3, 0.4) is 0 Å². The van der Waals surface area contributed by atoms with Crippen molar-refractivity contribution in [3.05, 3.63) is 12.3 Å². The van der Waals surface area contributed by atoms with Gasteiger partial charge in [0.05, 0.1) is 5.71 Å². The molecule has 0 aliphatic carbocycles. The van der Waals surface area contributed by atoms with Gasteiger partial charge in [0, 0.05) is 6.20 Å². The Hall–Kier alpha value is -2.25. The highest BCUT2D eigenvalue weighted by atomic mass is 15.3. The molecule has 0 aromatic carbocycles. The van der Waals surface area contributed by atoms with E-state index in [-0.39, 0.29) is 11.9 Å². The first kappa shape index (κ1) is 11.8. The van der Waals surface area contributed by atoms with Crippen molar-refractivity contribution in [3.8, 4) is 0 Å². The van der Waals surface area contributed by atoms with Gasteiger partial charge in [-0.25, -0.2) is 0 Å². The maximum atomic E-state index is 5.06. The zero-order valence-electron chi connectivity index (χ0n) is 7.81. The van der Waals surface area contributed by atoms with Crippen molar-refractivity contribution in [2.75, 3.05) is 0 Å². The standard InChI is InChI=1S/C6H14N8/c1-4(12-14-6(9)10)2-3-11-13-5(7)8/h2-3,11H,1H3,(H4,7,8,13)(H4,9,10,14)/b3-2+,12-4-. The van der Waals surface area contributed by atoms with Crippen molar-refractivity contribution < 1.29 is 0 Å². The zero-order valence-corrected chi connectivity index (χ0v) is 7.81. The first-order valence-electron chi connectivity index (χ1n) is 3.66. The van der Waals surface area contributed by atoms with Gasteiger partial charge in [-0.3, -0.25) is 5.43 Å². The Balaban J connectivity index is 4.06. The number of hydrazone groups is 1. The van der Waals surface area contributed by atoms with Crippen LogP contribution in [0.25, 0.3) is 0 Å². The van der Waals surface area contributed by atoms with Crippen molar-refractivity contribution in [3.63, 3.8) is 0 Å². The smallest absolute Gasteiger partial charge is 0.211 e. The van der Waals surface area contributed by atoms with E-state index in [1.807, 2.05) is 0 Å². The van der Waals surface area contributed by atoms with Gasteiger partial charge < -0.3 is 22.9 Å². The second-order valence-electron chi connectivity index (χ2n) is 2.27. The topological polar surface area (TPSA) is 153 Å². The Morgan fingerprint density at radius 3 is 2.21 bits per heavy atom. The highest BCUT2D eigenvalue weighted by Gasteiger charge is 1.82. The van der Waals surface area contributed by atoms with Crippen LogP contribution in [0.5, 0.6) is 0 Å². The first-order valence-corrected chi connectivity index (χ1v) is 3.66. The minimum Gasteiger partial charge on any atom is -0.369 e.